The van der Waals surface area contributed by atoms with Crippen molar-refractivity contribution >= 4 is 11.8 Å². The number of nitrogens with zero attached hydrogens (tertiary/aromatic N) is 4. The Hall–Kier alpha value is -2.96. The number of para-hydroxylation sites is 1. The van der Waals surface area contributed by atoms with Crippen molar-refractivity contribution in [3.8, 4) is 5.75 Å². The van der Waals surface area contributed by atoms with Gasteiger partial charge in [0, 0.05) is 49.0 Å². The van der Waals surface area contributed by atoms with Crippen molar-refractivity contribution in [3.63, 3.8) is 0 Å². The number of carbonyl (C=O) groups is 2. The van der Waals surface area contributed by atoms with Gasteiger partial charge in [0.25, 0.3) is 5.91 Å². The highest BCUT2D eigenvalue weighted by Crippen LogP contribution is 2.29. The van der Waals surface area contributed by atoms with Crippen molar-refractivity contribution in [2.24, 2.45) is 0 Å². The number of carbonyl (C=O) groups excluding carboxylic acids is 2. The van der Waals surface area contributed by atoms with Gasteiger partial charge in [0.2, 0.25) is 5.91 Å². The summed E-state index contributed by atoms with van der Waals surface area (Å²) in [6.07, 6.45) is 4.39. The second-order valence-corrected chi connectivity index (χ2v) is 8.79. The Morgan fingerprint density at radius 2 is 1.66 bits per heavy atom. The number of methoxy groups -OCH3 is 1. The number of likely N-dealkylation sites (tertiary alicyclic amines) is 2. The Bertz CT molecular complexity index is 977. The summed E-state index contributed by atoms with van der Waals surface area (Å²) in [4.78, 5) is 39.2. The van der Waals surface area contributed by atoms with Gasteiger partial charge in [-0.05, 0) is 51.7 Å². The zero-order chi connectivity index (χ0) is 22.7. The monoisotopic (exact) mass is 436 g/mol. The summed E-state index contributed by atoms with van der Waals surface area (Å²) in [6.45, 7) is 6.94. The predicted octanol–water partition coefficient (Wildman–Crippen LogP) is 3.29. The molecule has 0 radical (unpaired) electrons. The first-order valence-electron chi connectivity index (χ1n) is 11.5. The highest BCUT2D eigenvalue weighted by molar-refractivity contribution is 5.97. The van der Waals surface area contributed by atoms with Gasteiger partial charge in [-0.1, -0.05) is 12.1 Å². The van der Waals surface area contributed by atoms with E-state index in [1.54, 1.807) is 7.11 Å². The Labute approximate surface area is 189 Å². The lowest BCUT2D eigenvalue weighted by atomic mass is 9.95. The van der Waals surface area contributed by atoms with Crippen LogP contribution in [0.4, 0.5) is 0 Å². The average molecular weight is 437 g/mol. The third-order valence-corrected chi connectivity index (χ3v) is 6.64. The minimum absolute atomic E-state index is 0.0200. The maximum absolute atomic E-state index is 13.2. The summed E-state index contributed by atoms with van der Waals surface area (Å²) in [6, 6.07) is 7.34. The third kappa shape index (κ3) is 4.61. The fourth-order valence-electron chi connectivity index (χ4n) is 4.80. The molecule has 2 aliphatic rings. The molecule has 0 spiro atoms. The Kier molecular flexibility index (Phi) is 6.72. The smallest absolute Gasteiger partial charge is 0.257 e. The maximum atomic E-state index is 13.2. The van der Waals surface area contributed by atoms with Gasteiger partial charge in [-0.15, -0.1) is 0 Å². The van der Waals surface area contributed by atoms with Crippen LogP contribution < -0.4 is 4.74 Å². The molecule has 1 aromatic carbocycles. The molecule has 1 atom stereocenters. The van der Waals surface area contributed by atoms with Crippen LogP contribution in [0.2, 0.25) is 0 Å². The highest BCUT2D eigenvalue weighted by Gasteiger charge is 2.29. The summed E-state index contributed by atoms with van der Waals surface area (Å²) in [5.41, 5.74) is 3.25. The number of rotatable bonds is 5. The van der Waals surface area contributed by atoms with Crippen LogP contribution in [0.5, 0.6) is 5.75 Å². The zero-order valence-corrected chi connectivity index (χ0v) is 19.3. The van der Waals surface area contributed by atoms with E-state index in [4.69, 9.17) is 14.7 Å². The largest absolute Gasteiger partial charge is 0.496 e. The number of amides is 2. The van der Waals surface area contributed by atoms with E-state index in [1.165, 1.54) is 0 Å². The molecule has 2 aliphatic heterocycles. The first kappa shape index (κ1) is 22.2. The Morgan fingerprint density at radius 1 is 1.00 bits per heavy atom. The molecule has 0 bridgehead atoms. The minimum Gasteiger partial charge on any atom is -0.496 e. The molecule has 7 nitrogen and oxygen atoms in total. The standard InChI is InChI=1S/C25H32N4O3/c1-17-21(15-23(30)28-12-6-7-13-28)18(2)27-24(26-17)19-9-8-14-29(16-19)25(31)20-10-4-5-11-22(20)32-3/h4-5,10-11,19H,6-9,12-16H2,1-3H3. The first-order valence-corrected chi connectivity index (χ1v) is 11.5. The van der Waals surface area contributed by atoms with Gasteiger partial charge in [0.1, 0.15) is 11.6 Å². The van der Waals surface area contributed by atoms with Gasteiger partial charge in [-0.3, -0.25) is 9.59 Å². The van der Waals surface area contributed by atoms with Crippen LogP contribution in [-0.2, 0) is 11.2 Å². The van der Waals surface area contributed by atoms with Crippen molar-refractivity contribution < 1.29 is 14.3 Å². The second-order valence-electron chi connectivity index (χ2n) is 8.79. The van der Waals surface area contributed by atoms with Crippen molar-refractivity contribution in [2.75, 3.05) is 33.3 Å². The normalized spacial score (nSPS) is 18.7. The molecule has 170 valence electrons. The lowest BCUT2D eigenvalue weighted by Crippen LogP contribution is -2.39. The molecule has 32 heavy (non-hydrogen) atoms. The summed E-state index contributed by atoms with van der Waals surface area (Å²) in [5, 5.41) is 0. The van der Waals surface area contributed by atoms with Gasteiger partial charge in [-0.2, -0.15) is 0 Å². The molecular formula is C25H32N4O3. The van der Waals surface area contributed by atoms with Crippen LogP contribution in [0.3, 0.4) is 0 Å². The lowest BCUT2D eigenvalue weighted by molar-refractivity contribution is -0.129. The van der Waals surface area contributed by atoms with E-state index in [1.807, 2.05) is 47.9 Å². The van der Waals surface area contributed by atoms with Crippen molar-refractivity contribution in [3.05, 3.63) is 52.6 Å². The number of hydrogen-bond donors (Lipinski definition) is 0. The van der Waals surface area contributed by atoms with Gasteiger partial charge < -0.3 is 14.5 Å². The lowest BCUT2D eigenvalue weighted by Gasteiger charge is -2.32. The van der Waals surface area contributed by atoms with E-state index >= 15 is 0 Å². The topological polar surface area (TPSA) is 75.6 Å². The van der Waals surface area contributed by atoms with Crippen LogP contribution in [0.15, 0.2) is 24.3 Å². The number of aryl methyl sites for hydroxylation is 2. The molecule has 1 unspecified atom stereocenters. The first-order chi connectivity index (χ1) is 15.5. The summed E-state index contributed by atoms with van der Waals surface area (Å²) in [5.74, 6) is 1.59. The van der Waals surface area contributed by atoms with Gasteiger partial charge >= 0.3 is 0 Å². The molecule has 4 rings (SSSR count). The van der Waals surface area contributed by atoms with Gasteiger partial charge in [0.15, 0.2) is 0 Å². The van der Waals surface area contributed by atoms with Gasteiger partial charge in [0.05, 0.1) is 19.1 Å². The third-order valence-electron chi connectivity index (χ3n) is 6.64. The quantitative estimate of drug-likeness (QED) is 0.719. The van der Waals surface area contributed by atoms with Crippen molar-refractivity contribution in [1.29, 1.82) is 0 Å². The fourth-order valence-corrected chi connectivity index (χ4v) is 4.80. The van der Waals surface area contributed by atoms with E-state index in [0.29, 0.717) is 30.8 Å². The van der Waals surface area contributed by atoms with Crippen molar-refractivity contribution in [2.45, 2.75) is 51.9 Å². The number of hydrogen-bond acceptors (Lipinski definition) is 5. The molecule has 2 aromatic rings. The molecule has 3 heterocycles. The molecule has 0 saturated carbocycles. The minimum atomic E-state index is -0.0200. The van der Waals surface area contributed by atoms with E-state index in [-0.39, 0.29) is 17.7 Å². The number of aromatic nitrogens is 2. The molecular weight excluding hydrogens is 404 g/mol. The summed E-state index contributed by atoms with van der Waals surface area (Å²) >= 11 is 0. The van der Waals surface area contributed by atoms with E-state index in [9.17, 15) is 9.59 Å². The van der Waals surface area contributed by atoms with Crippen molar-refractivity contribution in [1.82, 2.24) is 19.8 Å². The van der Waals surface area contributed by atoms with Crippen LogP contribution in [-0.4, -0.2) is 64.9 Å². The molecule has 0 aliphatic carbocycles. The van der Waals surface area contributed by atoms with Crippen LogP contribution in [0, 0.1) is 13.8 Å². The highest BCUT2D eigenvalue weighted by atomic mass is 16.5. The zero-order valence-electron chi connectivity index (χ0n) is 19.3. The molecule has 1 aromatic heterocycles. The molecule has 2 saturated heterocycles. The van der Waals surface area contributed by atoms with E-state index < -0.39 is 0 Å². The molecule has 2 amide bonds. The Balaban J connectivity index is 1.49. The number of ether oxygens (including phenoxy) is 1. The fraction of sp³-hybridized carbons (Fsp3) is 0.520. The van der Waals surface area contributed by atoms with E-state index in [0.717, 1.165) is 61.5 Å². The SMILES string of the molecule is COc1ccccc1C(=O)N1CCCC(c2nc(C)c(CC(=O)N3CCCC3)c(C)n2)C1. The Morgan fingerprint density at radius 3 is 2.34 bits per heavy atom. The summed E-state index contributed by atoms with van der Waals surface area (Å²) < 4.78 is 5.38. The number of benzene rings is 1. The molecule has 7 heteroatoms. The average Bonchev–Trinajstić information content (AvgIpc) is 3.36. The maximum Gasteiger partial charge on any atom is 0.257 e. The summed E-state index contributed by atoms with van der Waals surface area (Å²) in [7, 11) is 1.58. The van der Waals surface area contributed by atoms with Crippen LogP contribution in [0.1, 0.15) is 64.7 Å². The van der Waals surface area contributed by atoms with Crippen LogP contribution >= 0.6 is 0 Å². The van der Waals surface area contributed by atoms with Gasteiger partial charge in [-0.25, -0.2) is 9.97 Å². The predicted molar refractivity (Wildman–Crippen MR) is 122 cm³/mol. The van der Waals surface area contributed by atoms with E-state index in [2.05, 4.69) is 0 Å². The van der Waals surface area contributed by atoms with Crippen LogP contribution in [0.25, 0.3) is 0 Å². The molecule has 2 fully saturated rings. The second kappa shape index (κ2) is 9.67. The number of piperidine rings is 1. The molecule has 0 N–H and O–H groups in total.